The molecule has 1 atom stereocenters. The number of hydrogen-bond acceptors (Lipinski definition) is 4. The summed E-state index contributed by atoms with van der Waals surface area (Å²) in [4.78, 5) is 22.2. The van der Waals surface area contributed by atoms with Crippen LogP contribution in [0.1, 0.15) is 38.8 Å². The Morgan fingerprint density at radius 1 is 1.33 bits per heavy atom. The van der Waals surface area contributed by atoms with E-state index in [4.69, 9.17) is 4.74 Å². The summed E-state index contributed by atoms with van der Waals surface area (Å²) in [5, 5.41) is 12.9. The van der Waals surface area contributed by atoms with E-state index < -0.39 is 17.9 Å². The molecular weight excluding hydrogens is 270 g/mol. The lowest BCUT2D eigenvalue weighted by Gasteiger charge is -2.23. The normalized spacial score (nSPS) is 12.6. The predicted octanol–water partition coefficient (Wildman–Crippen LogP) is 0.926. The van der Waals surface area contributed by atoms with E-state index in [-0.39, 0.29) is 12.0 Å². The molecule has 0 heterocycles. The van der Waals surface area contributed by atoms with Crippen LogP contribution in [-0.2, 0) is 15.0 Å². The Hall–Kier alpha value is -2.04. The molecule has 0 spiro atoms. The molecule has 1 N–H and O–H groups in total. The number of rotatable bonds is 5. The van der Waals surface area contributed by atoms with Crippen molar-refractivity contribution in [1.82, 2.24) is 5.32 Å². The van der Waals surface area contributed by atoms with E-state index in [1.54, 1.807) is 0 Å². The first-order valence-electron chi connectivity index (χ1n) is 6.85. The summed E-state index contributed by atoms with van der Waals surface area (Å²) in [6.07, 6.45) is 0. The molecule has 0 fully saturated rings. The van der Waals surface area contributed by atoms with Crippen molar-refractivity contribution in [2.24, 2.45) is 0 Å². The molecule has 0 aliphatic heterocycles. The number of benzene rings is 1. The van der Waals surface area contributed by atoms with E-state index in [0.29, 0.717) is 5.75 Å². The van der Waals surface area contributed by atoms with Crippen LogP contribution in [0.5, 0.6) is 5.75 Å². The van der Waals surface area contributed by atoms with Gasteiger partial charge in [-0.15, -0.1) is 0 Å². The lowest BCUT2D eigenvalue weighted by Crippen LogP contribution is -2.47. The van der Waals surface area contributed by atoms with Crippen LogP contribution in [0.3, 0.4) is 0 Å². The molecule has 0 saturated heterocycles. The molecule has 0 aliphatic rings. The summed E-state index contributed by atoms with van der Waals surface area (Å²) in [6, 6.07) is 4.80. The summed E-state index contributed by atoms with van der Waals surface area (Å²) < 4.78 is 5.56. The number of carbonyl (C=O) groups excluding carboxylic acids is 2. The highest BCUT2D eigenvalue weighted by Crippen LogP contribution is 2.31. The number of amides is 1. The van der Waals surface area contributed by atoms with Gasteiger partial charge in [0.15, 0.2) is 6.61 Å². The first-order chi connectivity index (χ1) is 9.61. The molecular formula is C16H22NO4-. The number of nitrogens with one attached hydrogen (secondary N) is 1. The van der Waals surface area contributed by atoms with Crippen molar-refractivity contribution < 1.29 is 19.4 Å². The van der Waals surface area contributed by atoms with Gasteiger partial charge >= 0.3 is 0 Å². The van der Waals surface area contributed by atoms with Crippen LogP contribution in [0.25, 0.3) is 0 Å². The van der Waals surface area contributed by atoms with E-state index in [0.717, 1.165) is 11.1 Å². The Balaban J connectivity index is 2.77. The van der Waals surface area contributed by atoms with Gasteiger partial charge in [-0.25, -0.2) is 0 Å². The van der Waals surface area contributed by atoms with Crippen molar-refractivity contribution in [2.75, 3.05) is 6.61 Å². The topological polar surface area (TPSA) is 78.5 Å². The second-order valence-electron chi connectivity index (χ2n) is 6.15. The van der Waals surface area contributed by atoms with Crippen LogP contribution >= 0.6 is 0 Å². The number of aliphatic carboxylic acids is 1. The van der Waals surface area contributed by atoms with Crippen molar-refractivity contribution in [3.05, 3.63) is 29.3 Å². The van der Waals surface area contributed by atoms with Gasteiger partial charge < -0.3 is 20.0 Å². The van der Waals surface area contributed by atoms with E-state index in [1.165, 1.54) is 6.92 Å². The van der Waals surface area contributed by atoms with E-state index >= 15 is 0 Å². The van der Waals surface area contributed by atoms with Gasteiger partial charge in [-0.05, 0) is 36.5 Å². The van der Waals surface area contributed by atoms with Gasteiger partial charge in [0.2, 0.25) is 0 Å². The maximum absolute atomic E-state index is 11.6. The maximum Gasteiger partial charge on any atom is 0.258 e. The van der Waals surface area contributed by atoms with Crippen LogP contribution in [-0.4, -0.2) is 24.5 Å². The lowest BCUT2D eigenvalue weighted by molar-refractivity contribution is -0.307. The Kier molecular flexibility index (Phi) is 5.35. The first-order valence-corrected chi connectivity index (χ1v) is 6.85. The van der Waals surface area contributed by atoms with Gasteiger partial charge in [0.25, 0.3) is 5.91 Å². The maximum atomic E-state index is 11.6. The first kappa shape index (κ1) is 17.0. The van der Waals surface area contributed by atoms with Crippen LogP contribution < -0.4 is 15.2 Å². The Bertz CT molecular complexity index is 532. The highest BCUT2D eigenvalue weighted by molar-refractivity contribution is 5.83. The molecule has 0 unspecified atom stereocenters. The average Bonchev–Trinajstić information content (AvgIpc) is 2.34. The second-order valence-corrected chi connectivity index (χ2v) is 6.15. The number of carboxylic acids is 1. The molecule has 116 valence electrons. The Labute approximate surface area is 125 Å². The molecule has 1 amide bonds. The molecule has 1 rings (SSSR count). The number of carboxylic acid groups (broad SMARTS) is 1. The summed E-state index contributed by atoms with van der Waals surface area (Å²) >= 11 is 0. The van der Waals surface area contributed by atoms with Crippen molar-refractivity contribution in [3.63, 3.8) is 0 Å². The largest absolute Gasteiger partial charge is 0.548 e. The number of hydrogen-bond donors (Lipinski definition) is 1. The summed E-state index contributed by atoms with van der Waals surface area (Å²) in [5.41, 5.74) is 1.91. The third kappa shape index (κ3) is 5.10. The van der Waals surface area contributed by atoms with Gasteiger partial charge in [-0.2, -0.15) is 0 Å². The number of carbonyl (C=O) groups is 2. The van der Waals surface area contributed by atoms with Gasteiger partial charge in [-0.1, -0.05) is 32.9 Å². The predicted molar refractivity (Wildman–Crippen MR) is 78.0 cm³/mol. The molecule has 1 aromatic rings. The summed E-state index contributed by atoms with van der Waals surface area (Å²) in [5.74, 6) is -1.18. The number of ether oxygens (including phenoxy) is 1. The molecule has 0 bridgehead atoms. The van der Waals surface area contributed by atoms with Gasteiger partial charge in [-0.3, -0.25) is 4.79 Å². The van der Waals surface area contributed by atoms with Crippen LogP contribution in [0.2, 0.25) is 0 Å². The zero-order valence-electron chi connectivity index (χ0n) is 13.1. The average molecular weight is 292 g/mol. The fourth-order valence-corrected chi connectivity index (χ4v) is 1.85. The highest BCUT2D eigenvalue weighted by atomic mass is 16.5. The van der Waals surface area contributed by atoms with E-state index in [9.17, 15) is 14.7 Å². The third-order valence-electron chi connectivity index (χ3n) is 3.03. The zero-order valence-corrected chi connectivity index (χ0v) is 13.1. The Morgan fingerprint density at radius 3 is 2.48 bits per heavy atom. The van der Waals surface area contributed by atoms with Crippen molar-refractivity contribution in [3.8, 4) is 5.75 Å². The number of aryl methyl sites for hydroxylation is 1. The second kappa shape index (κ2) is 6.61. The minimum atomic E-state index is -1.32. The molecule has 5 nitrogen and oxygen atoms in total. The van der Waals surface area contributed by atoms with Crippen LogP contribution in [0.4, 0.5) is 0 Å². The van der Waals surface area contributed by atoms with Gasteiger partial charge in [0.05, 0.1) is 12.0 Å². The van der Waals surface area contributed by atoms with Crippen molar-refractivity contribution >= 4 is 11.9 Å². The molecule has 0 aromatic heterocycles. The quantitative estimate of drug-likeness (QED) is 0.875. The zero-order chi connectivity index (χ0) is 16.2. The van der Waals surface area contributed by atoms with Gasteiger partial charge in [0, 0.05) is 0 Å². The SMILES string of the molecule is Cc1ccc(C(C)(C)C)c(OCC(=O)N[C@H](C)C(=O)[O-])c1. The molecule has 21 heavy (non-hydrogen) atoms. The summed E-state index contributed by atoms with van der Waals surface area (Å²) in [6.45, 7) is 9.23. The molecule has 0 radical (unpaired) electrons. The fraction of sp³-hybridized carbons (Fsp3) is 0.500. The fourth-order valence-electron chi connectivity index (χ4n) is 1.85. The minimum Gasteiger partial charge on any atom is -0.548 e. The Morgan fingerprint density at radius 2 is 1.95 bits per heavy atom. The third-order valence-corrected chi connectivity index (χ3v) is 3.03. The van der Waals surface area contributed by atoms with Gasteiger partial charge in [0.1, 0.15) is 5.75 Å². The standard InChI is InChI=1S/C16H23NO4/c1-10-6-7-12(16(3,4)5)13(8-10)21-9-14(18)17-11(2)15(19)20/h6-8,11H,9H2,1-5H3,(H,17,18)(H,19,20)/p-1/t11-/m1/s1. The van der Waals surface area contributed by atoms with Crippen LogP contribution in [0, 0.1) is 6.92 Å². The minimum absolute atomic E-state index is 0.113. The highest BCUT2D eigenvalue weighted by Gasteiger charge is 2.19. The molecule has 1 aromatic carbocycles. The summed E-state index contributed by atoms with van der Waals surface area (Å²) in [7, 11) is 0. The molecule has 5 heteroatoms. The monoisotopic (exact) mass is 292 g/mol. The van der Waals surface area contributed by atoms with Crippen LogP contribution in [0.15, 0.2) is 18.2 Å². The van der Waals surface area contributed by atoms with E-state index in [1.807, 2.05) is 25.1 Å². The molecule has 0 saturated carbocycles. The smallest absolute Gasteiger partial charge is 0.258 e. The van der Waals surface area contributed by atoms with Crippen molar-refractivity contribution in [1.29, 1.82) is 0 Å². The van der Waals surface area contributed by atoms with E-state index in [2.05, 4.69) is 26.1 Å². The lowest BCUT2D eigenvalue weighted by atomic mass is 9.86. The molecule has 0 aliphatic carbocycles. The van der Waals surface area contributed by atoms with Crippen molar-refractivity contribution in [2.45, 2.75) is 46.1 Å².